The number of rotatable bonds is 4. The minimum Gasteiger partial charge on any atom is -0.0776 e. The third-order valence-corrected chi connectivity index (χ3v) is 30.5. The molecule has 2 aromatic rings. The van der Waals surface area contributed by atoms with Gasteiger partial charge >= 0.3 is 0 Å². The summed E-state index contributed by atoms with van der Waals surface area (Å²) in [7, 11) is 0. The molecule has 2 spiro atoms. The van der Waals surface area contributed by atoms with Crippen LogP contribution in [0.1, 0.15) is 605 Å². The Labute approximate surface area is 804 Å². The van der Waals surface area contributed by atoms with Crippen LogP contribution < -0.4 is 0 Å². The number of benzene rings is 2. The highest BCUT2D eigenvalue weighted by molar-refractivity contribution is 5.57. The lowest BCUT2D eigenvalue weighted by Gasteiger charge is -2.48. The zero-order chi connectivity index (χ0) is 97.5. The van der Waals surface area contributed by atoms with Gasteiger partial charge in [-0.3, -0.25) is 0 Å². The van der Waals surface area contributed by atoms with E-state index in [9.17, 15) is 0 Å². The second-order valence-electron chi connectivity index (χ2n) is 33.1. The van der Waals surface area contributed by atoms with E-state index in [1.54, 1.807) is 38.9 Å². The largest absolute Gasteiger partial charge is 0.0776 e. The van der Waals surface area contributed by atoms with Crippen LogP contribution in [-0.4, -0.2) is 0 Å². The Morgan fingerprint density at radius 3 is 0.798 bits per heavy atom. The van der Waals surface area contributed by atoms with E-state index in [0.717, 1.165) is 142 Å². The molecule has 10 aliphatic rings. The molecular weight excluding hydrogens is 1490 g/mol. The van der Waals surface area contributed by atoms with Crippen LogP contribution in [-0.2, 0) is 10.8 Å². The number of fused-ring (bicyclic) bond motifs is 11. The standard InChI is InChI=1S/C21H30.C21H32.C18H32.C18H34.20C2H6.6CH4/c1-12-11-19-20(16(5)15(12)4)17-7-6-8-18(17)21(19)13(2)9-10-14(21)3;1-12(2)21(13(3)4)18-10-8-9-17(18)20-16(7)15(6)14(5)11-19(20)21;1-10-7-8-11(2)18(10)12(3)9-16-14(5)13(4)15(6)17(16)18;1-10(2)18(11(3)4)12(5)9-16-14(7)13(6)15(8)17(16)18;20*1-2;;;;;;/h11,13-14,17-18H,6-10H2,1-5H3;11-13,17-18H,8-10H2,1-7H3;10-17H,7-9H2,1-6H3;10-17H,9H2,1-8H3;20*1-2H3;6*1H4/t13-,14+,17?,18?,21?;;10-,11+,12-,13?,14?,15?,16?,17?,18?;12-,13?,14?,15?,16?,17?;;;;;;;;;;;;;;;;;;;;;;;;;;/m..00........................../s1. The fourth-order valence-corrected chi connectivity index (χ4v) is 26.7. The predicted octanol–water partition coefficient (Wildman–Crippen LogP) is 46.9. The molecule has 0 heterocycles. The summed E-state index contributed by atoms with van der Waals surface area (Å²) in [5.74, 6) is 21.9. The van der Waals surface area contributed by atoms with Crippen molar-refractivity contribution >= 4 is 0 Å². The monoisotopic (exact) mass is 1760 g/mol. The average molecular weight is 1760 g/mol. The molecule has 0 amide bonds. The number of aryl methyl sites for hydroxylation is 2. The molecule has 12 rings (SSSR count). The van der Waals surface area contributed by atoms with Crippen LogP contribution in [0.25, 0.3) is 0 Å². The van der Waals surface area contributed by atoms with E-state index >= 15 is 0 Å². The van der Waals surface area contributed by atoms with Crippen LogP contribution in [0.5, 0.6) is 0 Å². The fraction of sp³-hybridized carbons (Fsp3) is 0.903. The fourth-order valence-electron chi connectivity index (χ4n) is 26.7. The molecule has 0 aromatic heterocycles. The molecule has 0 radical (unpaired) electrons. The second-order valence-corrected chi connectivity index (χ2v) is 33.1. The van der Waals surface area contributed by atoms with Crippen molar-refractivity contribution in [2.45, 2.75) is 601 Å². The zero-order valence-electron chi connectivity index (χ0n) is 96.5. The summed E-state index contributed by atoms with van der Waals surface area (Å²) in [5.41, 5.74) is 18.6. The molecule has 22 atom stereocenters. The van der Waals surface area contributed by atoms with E-state index in [1.165, 1.54) is 93.7 Å². The Morgan fingerprint density at radius 1 is 0.250 bits per heavy atom. The van der Waals surface area contributed by atoms with E-state index in [2.05, 4.69) is 192 Å². The van der Waals surface area contributed by atoms with Crippen LogP contribution >= 0.6 is 0 Å². The van der Waals surface area contributed by atoms with Gasteiger partial charge in [-0.2, -0.15) is 0 Å². The molecule has 768 valence electrons. The molecule has 124 heavy (non-hydrogen) atoms. The first-order chi connectivity index (χ1) is 56.5. The molecular formula is C124H272. The Bertz CT molecular complexity index is 2290. The highest BCUT2D eigenvalue weighted by Crippen LogP contribution is 2.73. The summed E-state index contributed by atoms with van der Waals surface area (Å²) in [5, 5.41) is 0. The Morgan fingerprint density at radius 2 is 0.500 bits per heavy atom. The quantitative estimate of drug-likeness (QED) is 0.286. The Balaban J connectivity index is -0.0000000655. The first kappa shape index (κ1) is 166. The van der Waals surface area contributed by atoms with Crippen molar-refractivity contribution in [1.29, 1.82) is 0 Å². The first-order valence-corrected chi connectivity index (χ1v) is 54.7. The second kappa shape index (κ2) is 91.9. The summed E-state index contributed by atoms with van der Waals surface area (Å²) in [4.78, 5) is 0. The third-order valence-electron chi connectivity index (χ3n) is 30.5. The lowest BCUT2D eigenvalue weighted by molar-refractivity contribution is -0.0100. The third kappa shape index (κ3) is 35.4. The maximum Gasteiger partial charge on any atom is 0.00412 e. The maximum absolute atomic E-state index is 2.61. The van der Waals surface area contributed by atoms with Gasteiger partial charge in [0.15, 0.2) is 0 Å². The van der Waals surface area contributed by atoms with Crippen LogP contribution in [0.2, 0.25) is 0 Å². The maximum atomic E-state index is 2.61. The summed E-state index contributed by atoms with van der Waals surface area (Å²) >= 11 is 0. The topological polar surface area (TPSA) is 0 Å². The SMILES string of the molecule is C.C.C.C.C.C.CC.CC.CC.CC.CC.CC.CC.CC.CC.CC.CC.CC.CC.CC.CC.CC.CC.CC.CC.CC.CC1C(C)C2C[C@H](C)C(C(C)C)(C(C)C)C2C1C.CC1C(C)C2C[C@H](C)C3(C2C1C)[C@H](C)CC[C@@H]3C.Cc1cc2c(c(C)c1C)C1CCCC1C2(C(C)C)C(C)C.Cc1cc2c(c(C)c1C)C1CCCC1C21[C@H](C)CC[C@@H]1C. The molecule has 0 nitrogen and oxygen atoms in total. The lowest BCUT2D eigenvalue weighted by Crippen LogP contribution is -2.44. The zero-order valence-corrected chi connectivity index (χ0v) is 96.5. The van der Waals surface area contributed by atoms with Gasteiger partial charge in [-0.15, -0.1) is 0 Å². The lowest BCUT2D eigenvalue weighted by atomic mass is 9.56. The van der Waals surface area contributed by atoms with E-state index in [1.807, 2.05) is 277 Å². The summed E-state index contributed by atoms with van der Waals surface area (Å²) in [6.07, 6.45) is 17.5. The van der Waals surface area contributed by atoms with Gasteiger partial charge in [-0.25, -0.2) is 0 Å². The molecule has 0 saturated heterocycles. The molecule has 0 aliphatic heterocycles. The minimum absolute atomic E-state index is 0. The van der Waals surface area contributed by atoms with Crippen molar-refractivity contribution in [2.24, 2.45) is 141 Å². The van der Waals surface area contributed by atoms with E-state index in [0.29, 0.717) is 21.7 Å². The number of hydrogen-bond acceptors (Lipinski definition) is 0. The molecule has 8 fully saturated rings. The molecule has 0 N–H and O–H groups in total. The summed E-state index contributed by atoms with van der Waals surface area (Å²) in [6, 6.07) is 5.17. The molecule has 0 heteroatoms. The van der Waals surface area contributed by atoms with Gasteiger partial charge in [0.1, 0.15) is 0 Å². The molecule has 10 aliphatic carbocycles. The van der Waals surface area contributed by atoms with E-state index < -0.39 is 0 Å². The summed E-state index contributed by atoms with van der Waals surface area (Å²) in [6.45, 7) is 144. The van der Waals surface area contributed by atoms with Crippen molar-refractivity contribution in [3.05, 3.63) is 67.8 Å². The van der Waals surface area contributed by atoms with Crippen LogP contribution in [0.3, 0.4) is 0 Å². The van der Waals surface area contributed by atoms with Gasteiger partial charge in [0.05, 0.1) is 0 Å². The Hall–Kier alpha value is -1.56. The highest BCUT2D eigenvalue weighted by Gasteiger charge is 2.67. The van der Waals surface area contributed by atoms with Gasteiger partial charge in [0.25, 0.3) is 0 Å². The van der Waals surface area contributed by atoms with E-state index in [-0.39, 0.29) is 44.6 Å². The van der Waals surface area contributed by atoms with Crippen molar-refractivity contribution < 1.29 is 0 Å². The van der Waals surface area contributed by atoms with Gasteiger partial charge in [0.2, 0.25) is 0 Å². The molecule has 8 saturated carbocycles. The highest BCUT2D eigenvalue weighted by atomic mass is 14.7. The Kier molecular flexibility index (Phi) is 123. The van der Waals surface area contributed by atoms with Crippen LogP contribution in [0.4, 0.5) is 0 Å². The minimum atomic E-state index is 0. The van der Waals surface area contributed by atoms with Crippen molar-refractivity contribution in [3.63, 3.8) is 0 Å². The summed E-state index contributed by atoms with van der Waals surface area (Å²) < 4.78 is 0. The molecule has 0 bridgehead atoms. The van der Waals surface area contributed by atoms with Crippen LogP contribution in [0, 0.1) is 183 Å². The smallest absolute Gasteiger partial charge is 0.00412 e. The predicted molar refractivity (Wildman–Crippen MR) is 608 cm³/mol. The van der Waals surface area contributed by atoms with E-state index in [4.69, 9.17) is 0 Å². The normalized spacial score (nSPS) is 28.4. The van der Waals surface area contributed by atoms with Crippen LogP contribution in [0.15, 0.2) is 12.1 Å². The van der Waals surface area contributed by atoms with Gasteiger partial charge in [-0.05, 0) is 314 Å². The molecule has 2 aromatic carbocycles. The van der Waals surface area contributed by atoms with Crippen molar-refractivity contribution in [1.82, 2.24) is 0 Å². The van der Waals surface area contributed by atoms with Crippen molar-refractivity contribution in [2.75, 3.05) is 0 Å². The first-order valence-electron chi connectivity index (χ1n) is 54.7. The van der Waals surface area contributed by atoms with Gasteiger partial charge < -0.3 is 0 Å². The van der Waals surface area contributed by atoms with Gasteiger partial charge in [-0.1, -0.05) is 485 Å². The average Bonchev–Trinajstić information content (AvgIpc) is 1.54. The number of hydrogen-bond donors (Lipinski definition) is 0. The van der Waals surface area contributed by atoms with Gasteiger partial charge in [0, 0.05) is 10.8 Å². The van der Waals surface area contributed by atoms with Crippen molar-refractivity contribution in [3.8, 4) is 0 Å². The molecule has 16 unspecified atom stereocenters.